The lowest BCUT2D eigenvalue weighted by Crippen LogP contribution is -2.49. The maximum atomic E-state index is 14.3. The normalized spacial score (nSPS) is 20.5. The van der Waals surface area contributed by atoms with Gasteiger partial charge in [0.05, 0.1) is 24.7 Å². The first kappa shape index (κ1) is 25.3. The van der Waals surface area contributed by atoms with Crippen molar-refractivity contribution in [1.82, 2.24) is 19.6 Å². The fraction of sp³-hybridized carbons (Fsp3) is 0.522. The standard InChI is InChI=1S/C23H25ClF4N4O3/c1-30(16-6-3-13(4-7-16)21(33)34)22(35)31-9-8-17-19(12-31)32(29-20(17)23(26,27)28)11-14-2-5-15(24)10-18(14)25/h2,5,10,13,16H,3-4,6-9,11-12H2,1H3,(H,33,34). The number of carboxylic acids is 1. The second-order valence-electron chi connectivity index (χ2n) is 9.07. The number of aliphatic carboxylic acids is 1. The number of hydrogen-bond donors (Lipinski definition) is 1. The fourth-order valence-corrected chi connectivity index (χ4v) is 5.06. The highest BCUT2D eigenvalue weighted by molar-refractivity contribution is 6.30. The summed E-state index contributed by atoms with van der Waals surface area (Å²) < 4.78 is 56.5. The summed E-state index contributed by atoms with van der Waals surface area (Å²) in [5.74, 6) is -1.92. The smallest absolute Gasteiger partial charge is 0.435 e. The van der Waals surface area contributed by atoms with Crippen LogP contribution in [0.1, 0.15) is 48.2 Å². The van der Waals surface area contributed by atoms with Gasteiger partial charge in [-0.2, -0.15) is 18.3 Å². The van der Waals surface area contributed by atoms with Crippen LogP contribution in [0, 0.1) is 11.7 Å². The predicted molar refractivity (Wildman–Crippen MR) is 118 cm³/mol. The van der Waals surface area contributed by atoms with E-state index in [0.29, 0.717) is 25.7 Å². The highest BCUT2D eigenvalue weighted by atomic mass is 35.5. The number of carbonyl (C=O) groups excluding carboxylic acids is 1. The first-order valence-corrected chi connectivity index (χ1v) is 11.7. The van der Waals surface area contributed by atoms with Crippen LogP contribution in [0.4, 0.5) is 22.4 Å². The highest BCUT2D eigenvalue weighted by Gasteiger charge is 2.41. The number of carbonyl (C=O) groups is 2. The number of fused-ring (bicyclic) bond motifs is 1. The van der Waals surface area contributed by atoms with Gasteiger partial charge in [-0.3, -0.25) is 9.48 Å². The van der Waals surface area contributed by atoms with Crippen molar-refractivity contribution >= 4 is 23.6 Å². The molecule has 7 nitrogen and oxygen atoms in total. The van der Waals surface area contributed by atoms with Gasteiger partial charge in [0.15, 0.2) is 5.69 Å². The van der Waals surface area contributed by atoms with E-state index in [1.54, 1.807) is 11.9 Å². The molecule has 1 aliphatic carbocycles. The summed E-state index contributed by atoms with van der Waals surface area (Å²) in [5.41, 5.74) is -0.659. The van der Waals surface area contributed by atoms with Gasteiger partial charge in [0.2, 0.25) is 0 Å². The van der Waals surface area contributed by atoms with E-state index in [-0.39, 0.29) is 60.0 Å². The van der Waals surface area contributed by atoms with Crippen molar-refractivity contribution in [3.63, 3.8) is 0 Å². The summed E-state index contributed by atoms with van der Waals surface area (Å²) in [6, 6.07) is 3.45. The molecule has 0 atom stereocenters. The van der Waals surface area contributed by atoms with Gasteiger partial charge in [-0.05, 0) is 44.2 Å². The lowest BCUT2D eigenvalue weighted by Gasteiger charge is -2.38. The number of urea groups is 1. The first-order valence-electron chi connectivity index (χ1n) is 11.3. The molecule has 0 unspecified atom stereocenters. The zero-order valence-electron chi connectivity index (χ0n) is 19.0. The quantitative estimate of drug-likeness (QED) is 0.592. The lowest BCUT2D eigenvalue weighted by molar-refractivity contribution is -0.143. The van der Waals surface area contributed by atoms with Crippen LogP contribution in [0.15, 0.2) is 18.2 Å². The van der Waals surface area contributed by atoms with E-state index in [9.17, 15) is 32.3 Å². The Morgan fingerprint density at radius 1 is 1.23 bits per heavy atom. The number of amides is 2. The number of aromatic nitrogens is 2. The highest BCUT2D eigenvalue weighted by Crippen LogP contribution is 2.36. The molecule has 1 fully saturated rings. The third-order valence-electron chi connectivity index (χ3n) is 6.91. The molecule has 1 aliphatic heterocycles. The lowest BCUT2D eigenvalue weighted by atomic mass is 9.85. The van der Waals surface area contributed by atoms with E-state index < -0.39 is 29.6 Å². The van der Waals surface area contributed by atoms with Gasteiger partial charge in [0.1, 0.15) is 5.82 Å². The van der Waals surface area contributed by atoms with E-state index in [1.807, 2.05) is 0 Å². The minimum atomic E-state index is -4.68. The van der Waals surface area contributed by atoms with Crippen molar-refractivity contribution in [1.29, 1.82) is 0 Å². The van der Waals surface area contributed by atoms with Crippen molar-refractivity contribution in [2.75, 3.05) is 13.6 Å². The summed E-state index contributed by atoms with van der Waals surface area (Å²) in [6.45, 7) is -0.246. The first-order chi connectivity index (χ1) is 16.5. The van der Waals surface area contributed by atoms with Crippen LogP contribution in [0.2, 0.25) is 5.02 Å². The van der Waals surface area contributed by atoms with Gasteiger partial charge in [-0.25, -0.2) is 9.18 Å². The number of nitrogens with zero attached hydrogens (tertiary/aromatic N) is 4. The van der Waals surface area contributed by atoms with E-state index in [0.717, 1.165) is 10.7 Å². The Labute approximate surface area is 204 Å². The summed E-state index contributed by atoms with van der Waals surface area (Å²) >= 11 is 5.78. The molecule has 2 amide bonds. The Kier molecular flexibility index (Phi) is 6.99. The average Bonchev–Trinajstić information content (AvgIpc) is 3.18. The Hall–Kier alpha value is -2.82. The van der Waals surface area contributed by atoms with Crippen LogP contribution in [0.5, 0.6) is 0 Å². The summed E-state index contributed by atoms with van der Waals surface area (Å²) in [4.78, 5) is 27.4. The number of halogens is 5. The average molecular weight is 517 g/mol. The largest absolute Gasteiger partial charge is 0.481 e. The predicted octanol–water partition coefficient (Wildman–Crippen LogP) is 4.80. The third-order valence-corrected chi connectivity index (χ3v) is 7.14. The number of alkyl halides is 3. The number of benzene rings is 1. The topological polar surface area (TPSA) is 78.7 Å². The molecular formula is C23H25ClF4N4O3. The van der Waals surface area contributed by atoms with E-state index >= 15 is 0 Å². The van der Waals surface area contributed by atoms with Gasteiger partial charge in [-0.15, -0.1) is 0 Å². The molecule has 2 heterocycles. The molecule has 2 aromatic rings. The Morgan fingerprint density at radius 3 is 2.51 bits per heavy atom. The van der Waals surface area contributed by atoms with Gasteiger partial charge in [0.25, 0.3) is 0 Å². The molecule has 0 saturated heterocycles. The summed E-state index contributed by atoms with van der Waals surface area (Å²) in [5, 5.41) is 13.1. The van der Waals surface area contributed by atoms with Crippen molar-refractivity contribution in [2.24, 2.45) is 5.92 Å². The zero-order valence-corrected chi connectivity index (χ0v) is 19.7. The Balaban J connectivity index is 1.55. The van der Waals surface area contributed by atoms with Crippen LogP contribution < -0.4 is 0 Å². The van der Waals surface area contributed by atoms with Crippen LogP contribution in [-0.4, -0.2) is 56.3 Å². The Bertz CT molecular complexity index is 1130. The van der Waals surface area contributed by atoms with Crippen LogP contribution >= 0.6 is 11.6 Å². The molecule has 2 aliphatic rings. The molecule has 1 aromatic heterocycles. The SMILES string of the molecule is CN(C(=O)N1CCc2c(C(F)(F)F)nn(Cc3ccc(Cl)cc3F)c2C1)C1CCC(C(=O)O)CC1. The monoisotopic (exact) mass is 516 g/mol. The number of rotatable bonds is 4. The van der Waals surface area contributed by atoms with E-state index in [2.05, 4.69) is 5.10 Å². The zero-order chi connectivity index (χ0) is 25.5. The molecular weight excluding hydrogens is 492 g/mol. The fourth-order valence-electron chi connectivity index (χ4n) is 4.90. The molecule has 0 bridgehead atoms. The summed E-state index contributed by atoms with van der Waals surface area (Å²) in [7, 11) is 1.63. The molecule has 0 radical (unpaired) electrons. The summed E-state index contributed by atoms with van der Waals surface area (Å²) in [6.07, 6.45) is -2.68. The van der Waals surface area contributed by atoms with Gasteiger partial charge >= 0.3 is 18.2 Å². The number of carboxylic acid groups (broad SMARTS) is 1. The van der Waals surface area contributed by atoms with Crippen LogP contribution in [0.25, 0.3) is 0 Å². The van der Waals surface area contributed by atoms with Crippen molar-refractivity contribution < 1.29 is 32.3 Å². The molecule has 12 heteroatoms. The minimum absolute atomic E-state index is 0.0144. The van der Waals surface area contributed by atoms with Crippen molar-refractivity contribution in [3.8, 4) is 0 Å². The van der Waals surface area contributed by atoms with Gasteiger partial charge < -0.3 is 14.9 Å². The molecule has 35 heavy (non-hydrogen) atoms. The maximum absolute atomic E-state index is 14.3. The molecule has 1 aromatic carbocycles. The molecule has 190 valence electrons. The molecule has 0 spiro atoms. The Morgan fingerprint density at radius 2 is 1.91 bits per heavy atom. The van der Waals surface area contributed by atoms with Gasteiger partial charge in [-0.1, -0.05) is 17.7 Å². The molecule has 1 N–H and O–H groups in total. The minimum Gasteiger partial charge on any atom is -0.481 e. The van der Waals surface area contributed by atoms with Crippen LogP contribution in [-0.2, 0) is 30.5 Å². The second-order valence-corrected chi connectivity index (χ2v) is 9.51. The van der Waals surface area contributed by atoms with Crippen molar-refractivity contribution in [2.45, 2.75) is 57.4 Å². The molecule has 1 saturated carbocycles. The van der Waals surface area contributed by atoms with E-state index in [4.69, 9.17) is 11.6 Å². The van der Waals surface area contributed by atoms with Gasteiger partial charge in [0, 0.05) is 35.8 Å². The van der Waals surface area contributed by atoms with E-state index in [1.165, 1.54) is 17.0 Å². The third kappa shape index (κ3) is 5.24. The number of hydrogen-bond acceptors (Lipinski definition) is 3. The second kappa shape index (κ2) is 9.67. The maximum Gasteiger partial charge on any atom is 0.435 e. The van der Waals surface area contributed by atoms with Crippen molar-refractivity contribution in [3.05, 3.63) is 51.6 Å². The van der Waals surface area contributed by atoms with Crippen LogP contribution in [0.3, 0.4) is 0 Å². The molecule has 4 rings (SSSR count).